The average Bonchev–Trinajstić information content (AvgIpc) is 2.77. The lowest BCUT2D eigenvalue weighted by Gasteiger charge is -2.23. The van der Waals surface area contributed by atoms with Gasteiger partial charge in [-0.05, 0) is 43.5 Å². The van der Waals surface area contributed by atoms with Gasteiger partial charge in [0.05, 0.1) is 6.61 Å². The average molecular weight is 276 g/mol. The van der Waals surface area contributed by atoms with Gasteiger partial charge in [-0.2, -0.15) is 0 Å². The number of hydrogen-bond acceptors (Lipinski definition) is 2. The van der Waals surface area contributed by atoms with E-state index in [1.807, 2.05) is 23.1 Å². The summed E-state index contributed by atoms with van der Waals surface area (Å²) in [4.78, 5) is 14.1. The van der Waals surface area contributed by atoms with Gasteiger partial charge in [0, 0.05) is 31.3 Å². The van der Waals surface area contributed by atoms with E-state index in [1.54, 1.807) is 7.11 Å². The summed E-state index contributed by atoms with van der Waals surface area (Å²) in [5, 5.41) is 2.98. The molecule has 1 N–H and O–H groups in total. The topological polar surface area (TPSA) is 41.6 Å². The Morgan fingerprint density at radius 3 is 2.80 bits per heavy atom. The van der Waals surface area contributed by atoms with E-state index in [-0.39, 0.29) is 11.4 Å². The first-order valence-electron chi connectivity index (χ1n) is 7.06. The Balaban J connectivity index is 1.97. The van der Waals surface area contributed by atoms with E-state index < -0.39 is 0 Å². The zero-order valence-corrected chi connectivity index (χ0v) is 12.8. The standard InChI is InChI=1S/C16H24N2O2/c1-12-5-6-14(9-13(12)2)17-15(19)18-8-7-16(3,10-18)11-20-4/h5-6,9H,7-8,10-11H2,1-4H3,(H,17,19). The Bertz CT molecular complexity index is 501. The fraction of sp³-hybridized carbons (Fsp3) is 0.562. The molecule has 110 valence electrons. The number of aryl methyl sites for hydroxylation is 2. The third-order valence-electron chi connectivity index (χ3n) is 4.10. The molecule has 1 aliphatic heterocycles. The highest BCUT2D eigenvalue weighted by Gasteiger charge is 2.36. The molecule has 1 aliphatic rings. The second kappa shape index (κ2) is 5.83. The molecule has 4 heteroatoms. The van der Waals surface area contributed by atoms with Crippen molar-refractivity contribution in [1.29, 1.82) is 0 Å². The first-order valence-corrected chi connectivity index (χ1v) is 7.06. The monoisotopic (exact) mass is 276 g/mol. The molecule has 2 amide bonds. The molecule has 4 nitrogen and oxygen atoms in total. The van der Waals surface area contributed by atoms with E-state index >= 15 is 0 Å². The van der Waals surface area contributed by atoms with Gasteiger partial charge in [0.2, 0.25) is 0 Å². The summed E-state index contributed by atoms with van der Waals surface area (Å²) in [7, 11) is 1.71. The predicted molar refractivity (Wildman–Crippen MR) is 81.1 cm³/mol. The van der Waals surface area contributed by atoms with E-state index in [0.29, 0.717) is 6.61 Å². The number of anilines is 1. The van der Waals surface area contributed by atoms with E-state index in [4.69, 9.17) is 4.74 Å². The molecule has 1 aromatic carbocycles. The summed E-state index contributed by atoms with van der Waals surface area (Å²) in [6.45, 7) is 8.52. The molecule has 20 heavy (non-hydrogen) atoms. The van der Waals surface area contributed by atoms with Crippen LogP contribution in [-0.4, -0.2) is 37.7 Å². The number of hydrogen-bond donors (Lipinski definition) is 1. The SMILES string of the molecule is COCC1(C)CCN(C(=O)Nc2ccc(C)c(C)c2)C1. The molecule has 1 fully saturated rings. The molecule has 0 radical (unpaired) electrons. The molecule has 0 bridgehead atoms. The number of methoxy groups -OCH3 is 1. The number of nitrogens with one attached hydrogen (secondary N) is 1. The van der Waals surface area contributed by atoms with Gasteiger partial charge in [-0.1, -0.05) is 13.0 Å². The predicted octanol–water partition coefficient (Wildman–Crippen LogP) is 3.19. The maximum Gasteiger partial charge on any atom is 0.321 e. The number of ether oxygens (including phenoxy) is 1. The summed E-state index contributed by atoms with van der Waals surface area (Å²) >= 11 is 0. The molecule has 1 atom stereocenters. The summed E-state index contributed by atoms with van der Waals surface area (Å²) in [6.07, 6.45) is 0.987. The summed E-state index contributed by atoms with van der Waals surface area (Å²) in [5.41, 5.74) is 3.36. The smallest absolute Gasteiger partial charge is 0.321 e. The zero-order chi connectivity index (χ0) is 14.8. The number of carbonyl (C=O) groups excluding carboxylic acids is 1. The van der Waals surface area contributed by atoms with Crippen LogP contribution in [0, 0.1) is 19.3 Å². The minimum Gasteiger partial charge on any atom is -0.384 e. The summed E-state index contributed by atoms with van der Waals surface area (Å²) in [5.74, 6) is 0. The molecule has 1 aromatic rings. The van der Waals surface area contributed by atoms with E-state index in [2.05, 4.69) is 26.1 Å². The van der Waals surface area contributed by atoms with Gasteiger partial charge >= 0.3 is 6.03 Å². The summed E-state index contributed by atoms with van der Waals surface area (Å²) in [6, 6.07) is 5.97. The Hall–Kier alpha value is -1.55. The first kappa shape index (κ1) is 14.9. The number of likely N-dealkylation sites (tertiary alicyclic amines) is 1. The fourth-order valence-corrected chi connectivity index (χ4v) is 2.69. The highest BCUT2D eigenvalue weighted by Crippen LogP contribution is 2.30. The van der Waals surface area contributed by atoms with Crippen LogP contribution in [0.5, 0.6) is 0 Å². The quantitative estimate of drug-likeness (QED) is 0.921. The number of rotatable bonds is 3. The molecular formula is C16H24N2O2. The fourth-order valence-electron chi connectivity index (χ4n) is 2.69. The van der Waals surface area contributed by atoms with Crippen LogP contribution in [0.2, 0.25) is 0 Å². The minimum absolute atomic E-state index is 0.0203. The molecule has 1 unspecified atom stereocenters. The van der Waals surface area contributed by atoms with Crippen molar-refractivity contribution in [2.45, 2.75) is 27.2 Å². The Morgan fingerprint density at radius 2 is 2.15 bits per heavy atom. The van der Waals surface area contributed by atoms with E-state index in [1.165, 1.54) is 11.1 Å². The highest BCUT2D eigenvalue weighted by molar-refractivity contribution is 5.89. The number of benzene rings is 1. The Labute approximate surface area is 121 Å². The van der Waals surface area contributed by atoms with Crippen molar-refractivity contribution >= 4 is 11.7 Å². The Morgan fingerprint density at radius 1 is 1.40 bits per heavy atom. The van der Waals surface area contributed by atoms with Gasteiger partial charge in [0.15, 0.2) is 0 Å². The molecule has 1 saturated heterocycles. The second-order valence-electron chi connectivity index (χ2n) is 6.14. The van der Waals surface area contributed by atoms with Crippen LogP contribution in [0.25, 0.3) is 0 Å². The van der Waals surface area contributed by atoms with Crippen molar-refractivity contribution in [3.63, 3.8) is 0 Å². The molecular weight excluding hydrogens is 252 g/mol. The van der Waals surface area contributed by atoms with Crippen LogP contribution < -0.4 is 5.32 Å². The minimum atomic E-state index is -0.0203. The maximum absolute atomic E-state index is 12.3. The van der Waals surface area contributed by atoms with Crippen LogP contribution in [0.15, 0.2) is 18.2 Å². The van der Waals surface area contributed by atoms with Crippen LogP contribution in [0.1, 0.15) is 24.5 Å². The third kappa shape index (κ3) is 3.31. The normalized spacial score (nSPS) is 22.1. The maximum atomic E-state index is 12.3. The van der Waals surface area contributed by atoms with Crippen molar-refractivity contribution < 1.29 is 9.53 Å². The lowest BCUT2D eigenvalue weighted by Crippen LogP contribution is -2.35. The number of amides is 2. The molecule has 0 saturated carbocycles. The van der Waals surface area contributed by atoms with Crippen LogP contribution >= 0.6 is 0 Å². The van der Waals surface area contributed by atoms with Crippen molar-refractivity contribution in [3.8, 4) is 0 Å². The van der Waals surface area contributed by atoms with Gasteiger partial charge in [0.25, 0.3) is 0 Å². The number of carbonyl (C=O) groups is 1. The lowest BCUT2D eigenvalue weighted by atomic mass is 9.91. The highest BCUT2D eigenvalue weighted by atomic mass is 16.5. The van der Waals surface area contributed by atoms with Gasteiger partial charge in [-0.15, -0.1) is 0 Å². The third-order valence-corrected chi connectivity index (χ3v) is 4.10. The number of nitrogens with zero attached hydrogens (tertiary/aromatic N) is 1. The van der Waals surface area contributed by atoms with E-state index in [9.17, 15) is 4.79 Å². The van der Waals surface area contributed by atoms with Crippen molar-refractivity contribution in [3.05, 3.63) is 29.3 Å². The van der Waals surface area contributed by atoms with Crippen molar-refractivity contribution in [1.82, 2.24) is 4.90 Å². The molecule has 1 heterocycles. The molecule has 2 rings (SSSR count). The van der Waals surface area contributed by atoms with Gasteiger partial charge in [-0.3, -0.25) is 0 Å². The van der Waals surface area contributed by atoms with Crippen molar-refractivity contribution in [2.24, 2.45) is 5.41 Å². The molecule has 0 aliphatic carbocycles. The lowest BCUT2D eigenvalue weighted by molar-refractivity contribution is 0.0990. The van der Waals surface area contributed by atoms with Crippen LogP contribution in [0.4, 0.5) is 10.5 Å². The second-order valence-corrected chi connectivity index (χ2v) is 6.14. The Kier molecular flexibility index (Phi) is 4.33. The molecule has 0 spiro atoms. The largest absolute Gasteiger partial charge is 0.384 e. The van der Waals surface area contributed by atoms with Gasteiger partial charge in [0.1, 0.15) is 0 Å². The van der Waals surface area contributed by atoms with Gasteiger partial charge in [-0.25, -0.2) is 4.79 Å². The zero-order valence-electron chi connectivity index (χ0n) is 12.8. The van der Waals surface area contributed by atoms with Crippen molar-refractivity contribution in [2.75, 3.05) is 32.1 Å². The van der Waals surface area contributed by atoms with Crippen LogP contribution in [0.3, 0.4) is 0 Å². The molecule has 0 aromatic heterocycles. The van der Waals surface area contributed by atoms with Gasteiger partial charge < -0.3 is 15.0 Å². The number of urea groups is 1. The van der Waals surface area contributed by atoms with E-state index in [0.717, 1.165) is 25.2 Å². The summed E-state index contributed by atoms with van der Waals surface area (Å²) < 4.78 is 5.25. The first-order chi connectivity index (χ1) is 9.43. The van der Waals surface area contributed by atoms with Crippen LogP contribution in [-0.2, 0) is 4.74 Å².